The van der Waals surface area contributed by atoms with E-state index in [2.05, 4.69) is 35.3 Å². The number of amides is 1. The fraction of sp³-hybridized carbons (Fsp3) is 0.476. The van der Waals surface area contributed by atoms with Crippen LogP contribution in [0.4, 0.5) is 37.0 Å². The van der Waals surface area contributed by atoms with Crippen LogP contribution < -0.4 is 20.7 Å². The number of ether oxygens (including phenoxy) is 1. The second kappa shape index (κ2) is 12.3. The van der Waals surface area contributed by atoms with E-state index in [4.69, 9.17) is 4.74 Å². The highest BCUT2D eigenvalue weighted by Gasteiger charge is 2.40. The normalized spacial score (nSPS) is 15.9. The molecule has 202 valence electrons. The third-order valence-electron chi connectivity index (χ3n) is 4.85. The van der Waals surface area contributed by atoms with Crippen molar-refractivity contribution in [3.05, 3.63) is 29.6 Å². The predicted molar refractivity (Wildman–Crippen MR) is 127 cm³/mol. The van der Waals surface area contributed by atoms with Crippen LogP contribution in [-0.4, -0.2) is 72.0 Å². The van der Waals surface area contributed by atoms with Crippen LogP contribution >= 0.6 is 11.5 Å². The molecule has 3 rings (SSSR count). The standard InChI is InChI=1S/C21H23F6N7O2S/c1-12-17(19(37-34-12)33-15-11-29-14(10-30-15)21(25,26)27)18(35)32-13-3-4-16(31-9-13)36-8-2-6-28-7-5-20(22,23)24/h3-4,9,11,14,28H,2,5-8,10H2,1H3,(H,30,33)(H,32,35). The number of rotatable bonds is 10. The summed E-state index contributed by atoms with van der Waals surface area (Å²) in [5.41, 5.74) is 0.952. The number of aromatic nitrogens is 2. The number of nitrogens with one attached hydrogen (secondary N) is 3. The number of carbonyl (C=O) groups excluding carboxylic acids is 1. The molecule has 1 atom stereocenters. The Hall–Kier alpha value is -3.27. The first-order valence-electron chi connectivity index (χ1n) is 11.0. The third-order valence-corrected chi connectivity index (χ3v) is 5.70. The van der Waals surface area contributed by atoms with Crippen molar-refractivity contribution >= 4 is 40.2 Å². The minimum absolute atomic E-state index is 0.0805. The molecule has 2 aromatic heterocycles. The molecule has 16 heteroatoms. The lowest BCUT2D eigenvalue weighted by Crippen LogP contribution is -2.34. The average molecular weight is 552 g/mol. The van der Waals surface area contributed by atoms with Gasteiger partial charge < -0.3 is 20.7 Å². The SMILES string of the molecule is Cc1nsc(NC2=NCC(C(F)(F)F)N=C2)c1C(=O)Nc1ccc(OCCCNCCC(F)(F)F)nc1. The fourth-order valence-electron chi connectivity index (χ4n) is 2.99. The Balaban J connectivity index is 1.48. The molecule has 2 aromatic rings. The lowest BCUT2D eigenvalue weighted by molar-refractivity contribution is -0.144. The summed E-state index contributed by atoms with van der Waals surface area (Å²) in [5, 5.41) is 8.44. The van der Waals surface area contributed by atoms with Gasteiger partial charge in [-0.05, 0) is 37.5 Å². The van der Waals surface area contributed by atoms with Crippen molar-refractivity contribution < 1.29 is 35.9 Å². The number of amidine groups is 1. The first kappa shape index (κ1) is 28.3. The molecule has 1 aliphatic rings. The molecule has 0 fully saturated rings. The highest BCUT2D eigenvalue weighted by Crippen LogP contribution is 2.27. The molecule has 0 saturated carbocycles. The summed E-state index contributed by atoms with van der Waals surface area (Å²) >= 11 is 0.952. The first-order valence-corrected chi connectivity index (χ1v) is 11.7. The van der Waals surface area contributed by atoms with E-state index < -0.39 is 37.3 Å². The fourth-order valence-corrected chi connectivity index (χ4v) is 3.80. The van der Waals surface area contributed by atoms with Gasteiger partial charge in [0.05, 0.1) is 48.9 Å². The summed E-state index contributed by atoms with van der Waals surface area (Å²) in [4.78, 5) is 24.2. The van der Waals surface area contributed by atoms with Crippen LogP contribution in [0.3, 0.4) is 0 Å². The van der Waals surface area contributed by atoms with Gasteiger partial charge in [-0.25, -0.2) is 4.98 Å². The number of alkyl halides is 6. The zero-order valence-electron chi connectivity index (χ0n) is 19.4. The lowest BCUT2D eigenvalue weighted by atomic mass is 10.2. The average Bonchev–Trinajstić information content (AvgIpc) is 3.18. The Labute approximate surface area is 211 Å². The molecule has 1 amide bonds. The Morgan fingerprint density at radius 1 is 1.19 bits per heavy atom. The van der Waals surface area contributed by atoms with Crippen molar-refractivity contribution in [2.45, 2.75) is 38.2 Å². The predicted octanol–water partition coefficient (Wildman–Crippen LogP) is 4.24. The van der Waals surface area contributed by atoms with Gasteiger partial charge in [-0.15, -0.1) is 0 Å². The van der Waals surface area contributed by atoms with E-state index in [1.165, 1.54) is 12.3 Å². The minimum atomic E-state index is -4.48. The zero-order valence-corrected chi connectivity index (χ0v) is 20.2. The number of nitrogens with zero attached hydrogens (tertiary/aromatic N) is 4. The van der Waals surface area contributed by atoms with Crippen LogP contribution in [-0.2, 0) is 0 Å². The van der Waals surface area contributed by atoms with Gasteiger partial charge in [0.1, 0.15) is 10.8 Å². The van der Waals surface area contributed by atoms with Crippen molar-refractivity contribution in [2.75, 3.05) is 36.9 Å². The summed E-state index contributed by atoms with van der Waals surface area (Å²) in [7, 11) is 0. The monoisotopic (exact) mass is 551 g/mol. The molecule has 0 aliphatic carbocycles. The Bertz CT molecular complexity index is 1120. The Morgan fingerprint density at radius 3 is 2.59 bits per heavy atom. The number of aliphatic imine (C=N–C) groups is 2. The van der Waals surface area contributed by atoms with E-state index in [0.717, 1.165) is 17.7 Å². The summed E-state index contributed by atoms with van der Waals surface area (Å²) in [6, 6.07) is 1.18. The lowest BCUT2D eigenvalue weighted by Gasteiger charge is -2.18. The van der Waals surface area contributed by atoms with Crippen LogP contribution in [0.2, 0.25) is 0 Å². The van der Waals surface area contributed by atoms with E-state index >= 15 is 0 Å². The maximum atomic E-state index is 12.8. The van der Waals surface area contributed by atoms with Crippen molar-refractivity contribution in [1.82, 2.24) is 14.7 Å². The molecule has 3 N–H and O–H groups in total. The molecule has 1 unspecified atom stereocenters. The van der Waals surface area contributed by atoms with Gasteiger partial charge in [0.2, 0.25) is 5.88 Å². The van der Waals surface area contributed by atoms with Crippen LogP contribution in [0, 0.1) is 6.92 Å². The molecule has 37 heavy (non-hydrogen) atoms. The van der Waals surface area contributed by atoms with Crippen LogP contribution in [0.5, 0.6) is 5.88 Å². The molecule has 0 aromatic carbocycles. The van der Waals surface area contributed by atoms with Gasteiger partial charge in [0.15, 0.2) is 6.04 Å². The molecule has 3 heterocycles. The molecular formula is C21H23F6N7O2S. The first-order chi connectivity index (χ1) is 17.4. The van der Waals surface area contributed by atoms with Crippen molar-refractivity contribution in [3.63, 3.8) is 0 Å². The number of pyridine rings is 1. The van der Waals surface area contributed by atoms with Crippen molar-refractivity contribution in [1.29, 1.82) is 0 Å². The number of hydrogen-bond acceptors (Lipinski definition) is 9. The summed E-state index contributed by atoms with van der Waals surface area (Å²) in [5.74, 6) is -0.164. The summed E-state index contributed by atoms with van der Waals surface area (Å²) < 4.78 is 84.0. The minimum Gasteiger partial charge on any atom is -0.478 e. The smallest absolute Gasteiger partial charge is 0.412 e. The number of hydrogen-bond donors (Lipinski definition) is 3. The molecule has 0 spiro atoms. The summed E-state index contributed by atoms with van der Waals surface area (Å²) in [6.45, 7) is 1.49. The van der Waals surface area contributed by atoms with Gasteiger partial charge in [0, 0.05) is 12.6 Å². The molecule has 9 nitrogen and oxygen atoms in total. The number of halogens is 6. The second-order valence-electron chi connectivity index (χ2n) is 7.82. The number of aryl methyl sites for hydroxylation is 1. The Kier molecular flexibility index (Phi) is 9.42. The zero-order chi connectivity index (χ0) is 27.1. The van der Waals surface area contributed by atoms with Gasteiger partial charge in [-0.2, -0.15) is 30.7 Å². The maximum Gasteiger partial charge on any atom is 0.412 e. The Morgan fingerprint density at radius 2 is 1.97 bits per heavy atom. The molecule has 0 saturated heterocycles. The van der Waals surface area contributed by atoms with E-state index in [0.29, 0.717) is 29.3 Å². The van der Waals surface area contributed by atoms with Crippen molar-refractivity contribution in [2.24, 2.45) is 9.98 Å². The molecule has 0 radical (unpaired) electrons. The van der Waals surface area contributed by atoms with E-state index in [-0.39, 0.29) is 30.4 Å². The quantitative estimate of drug-likeness (QED) is 0.301. The van der Waals surface area contributed by atoms with Gasteiger partial charge in [0.25, 0.3) is 5.91 Å². The van der Waals surface area contributed by atoms with Gasteiger partial charge in [-0.3, -0.25) is 14.8 Å². The van der Waals surface area contributed by atoms with E-state index in [9.17, 15) is 31.1 Å². The maximum absolute atomic E-state index is 12.8. The second-order valence-corrected chi connectivity index (χ2v) is 8.59. The highest BCUT2D eigenvalue weighted by molar-refractivity contribution is 7.11. The van der Waals surface area contributed by atoms with Crippen LogP contribution in [0.1, 0.15) is 28.9 Å². The topological polar surface area (TPSA) is 113 Å². The van der Waals surface area contributed by atoms with Gasteiger partial charge >= 0.3 is 12.4 Å². The van der Waals surface area contributed by atoms with Gasteiger partial charge in [-0.1, -0.05) is 0 Å². The van der Waals surface area contributed by atoms with Crippen molar-refractivity contribution in [3.8, 4) is 5.88 Å². The number of carbonyl (C=O) groups is 1. The summed E-state index contributed by atoms with van der Waals surface area (Å²) in [6.07, 6.45) is -6.75. The van der Waals surface area contributed by atoms with E-state index in [1.807, 2.05) is 0 Å². The van der Waals surface area contributed by atoms with Crippen LogP contribution in [0.25, 0.3) is 0 Å². The van der Waals surface area contributed by atoms with Crippen LogP contribution in [0.15, 0.2) is 28.3 Å². The third kappa shape index (κ3) is 8.96. The highest BCUT2D eigenvalue weighted by atomic mass is 32.1. The number of anilines is 2. The largest absolute Gasteiger partial charge is 0.478 e. The van der Waals surface area contributed by atoms with E-state index in [1.54, 1.807) is 13.0 Å². The molecule has 0 bridgehead atoms. The molecule has 1 aliphatic heterocycles. The molecular weight excluding hydrogens is 528 g/mol.